The number of alkyl halides is 2. The molecule has 28 heavy (non-hydrogen) atoms. The Labute approximate surface area is 158 Å². The number of rotatable bonds is 6. The van der Waals surface area contributed by atoms with Crippen molar-refractivity contribution in [3.63, 3.8) is 0 Å². The van der Waals surface area contributed by atoms with Crippen molar-refractivity contribution in [2.24, 2.45) is 0 Å². The van der Waals surface area contributed by atoms with Gasteiger partial charge in [0.2, 0.25) is 0 Å². The van der Waals surface area contributed by atoms with E-state index in [-0.39, 0.29) is 12.2 Å². The number of benzene rings is 1. The molecule has 3 aliphatic rings. The van der Waals surface area contributed by atoms with Crippen LogP contribution in [0.3, 0.4) is 0 Å². The average Bonchev–Trinajstić information content (AvgIpc) is 2.62. The molecule has 0 heterocycles. The Bertz CT molecular complexity index is 766. The van der Waals surface area contributed by atoms with Gasteiger partial charge in [-0.15, -0.1) is 0 Å². The number of hydrogen-bond donors (Lipinski definition) is 4. The summed E-state index contributed by atoms with van der Waals surface area (Å²) >= 11 is 0. The standard InChI is InChI=1S/C18H21F3N2O5/c19-12-2-1-10(7-11(12)15(20)21)28-9-14(25)22-17-3-5-18(6-4-17,13(24)8-17)23-16(26)27/h1-2,7,13,15,23-24H,3-6,8-9H2,(H,22,25)(H,26,27)/t13-,17?,18?/m0/s1. The summed E-state index contributed by atoms with van der Waals surface area (Å²) in [5.74, 6) is -1.61. The first-order valence-corrected chi connectivity index (χ1v) is 8.85. The normalized spacial score (nSPS) is 28.8. The van der Waals surface area contributed by atoms with E-state index in [0.29, 0.717) is 25.7 Å². The van der Waals surface area contributed by atoms with E-state index in [4.69, 9.17) is 9.84 Å². The summed E-state index contributed by atoms with van der Waals surface area (Å²) < 4.78 is 43.9. The predicted molar refractivity (Wildman–Crippen MR) is 90.7 cm³/mol. The molecule has 0 aliphatic heterocycles. The lowest BCUT2D eigenvalue weighted by molar-refractivity contribution is -0.129. The van der Waals surface area contributed by atoms with Gasteiger partial charge in [0.25, 0.3) is 12.3 Å². The average molecular weight is 402 g/mol. The monoisotopic (exact) mass is 402 g/mol. The van der Waals surface area contributed by atoms with Gasteiger partial charge in [-0.25, -0.2) is 18.0 Å². The number of carboxylic acid groups (broad SMARTS) is 1. The minimum atomic E-state index is -3.00. The fourth-order valence-electron chi connectivity index (χ4n) is 4.13. The summed E-state index contributed by atoms with van der Waals surface area (Å²) in [6.45, 7) is -0.454. The van der Waals surface area contributed by atoms with Crippen LogP contribution in [0, 0.1) is 5.82 Å². The number of aliphatic hydroxyl groups is 1. The fourth-order valence-corrected chi connectivity index (χ4v) is 4.13. The van der Waals surface area contributed by atoms with Gasteiger partial charge < -0.3 is 25.6 Å². The molecule has 1 aromatic rings. The molecule has 3 fully saturated rings. The molecule has 10 heteroatoms. The molecule has 154 valence electrons. The lowest BCUT2D eigenvalue weighted by atomic mass is 9.60. The Morgan fingerprint density at radius 1 is 1.21 bits per heavy atom. The topological polar surface area (TPSA) is 108 Å². The first-order chi connectivity index (χ1) is 13.1. The maximum atomic E-state index is 13.3. The number of ether oxygens (including phenoxy) is 1. The Morgan fingerprint density at radius 2 is 1.89 bits per heavy atom. The number of carbonyl (C=O) groups is 2. The Morgan fingerprint density at radius 3 is 2.46 bits per heavy atom. The van der Waals surface area contributed by atoms with Gasteiger partial charge in [0.05, 0.1) is 17.2 Å². The van der Waals surface area contributed by atoms with Crippen LogP contribution >= 0.6 is 0 Å². The maximum Gasteiger partial charge on any atom is 0.405 e. The van der Waals surface area contributed by atoms with Gasteiger partial charge in [-0.3, -0.25) is 4.79 Å². The third kappa shape index (κ3) is 4.01. The molecule has 3 saturated carbocycles. The molecule has 0 aromatic heterocycles. The molecule has 7 nitrogen and oxygen atoms in total. The highest BCUT2D eigenvalue weighted by Gasteiger charge is 2.55. The number of fused-ring (bicyclic) bond motifs is 3. The maximum absolute atomic E-state index is 13.3. The van der Waals surface area contributed by atoms with Gasteiger partial charge >= 0.3 is 6.09 Å². The summed E-state index contributed by atoms with van der Waals surface area (Å²) in [7, 11) is 0. The van der Waals surface area contributed by atoms with E-state index in [2.05, 4.69) is 10.6 Å². The summed E-state index contributed by atoms with van der Waals surface area (Å²) in [5.41, 5.74) is -2.37. The van der Waals surface area contributed by atoms with Crippen LogP contribution in [0.5, 0.6) is 5.75 Å². The highest BCUT2D eigenvalue weighted by Crippen LogP contribution is 2.47. The van der Waals surface area contributed by atoms with Crippen molar-refractivity contribution < 1.29 is 37.7 Å². The van der Waals surface area contributed by atoms with E-state index in [1.807, 2.05) is 0 Å². The minimum Gasteiger partial charge on any atom is -0.484 e. The van der Waals surface area contributed by atoms with Crippen LogP contribution in [0.4, 0.5) is 18.0 Å². The van der Waals surface area contributed by atoms with Gasteiger partial charge in [-0.1, -0.05) is 0 Å². The van der Waals surface area contributed by atoms with Gasteiger partial charge in [0, 0.05) is 5.54 Å². The summed E-state index contributed by atoms with van der Waals surface area (Å²) in [4.78, 5) is 23.2. The third-order valence-corrected chi connectivity index (χ3v) is 5.65. The molecule has 2 bridgehead atoms. The molecule has 0 radical (unpaired) electrons. The van der Waals surface area contributed by atoms with Crippen molar-refractivity contribution in [2.45, 2.75) is 55.7 Å². The predicted octanol–water partition coefficient (Wildman–Crippen LogP) is 2.34. The molecule has 0 unspecified atom stereocenters. The number of halogens is 3. The molecule has 0 spiro atoms. The van der Waals surface area contributed by atoms with Gasteiger partial charge in [-0.2, -0.15) is 0 Å². The number of hydrogen-bond acceptors (Lipinski definition) is 4. The highest BCUT2D eigenvalue weighted by atomic mass is 19.3. The second-order valence-corrected chi connectivity index (χ2v) is 7.41. The van der Waals surface area contributed by atoms with Crippen LogP contribution in [-0.4, -0.2) is 46.0 Å². The van der Waals surface area contributed by atoms with Crippen LogP contribution in [0.2, 0.25) is 0 Å². The van der Waals surface area contributed by atoms with E-state index >= 15 is 0 Å². The molecule has 4 rings (SSSR count). The van der Waals surface area contributed by atoms with Crippen molar-refractivity contribution in [1.82, 2.24) is 10.6 Å². The van der Waals surface area contributed by atoms with Gasteiger partial charge in [0.15, 0.2) is 6.61 Å². The second kappa shape index (κ2) is 7.50. The number of carbonyl (C=O) groups excluding carboxylic acids is 1. The van der Waals surface area contributed by atoms with E-state index in [1.54, 1.807) is 0 Å². The minimum absolute atomic E-state index is 0.0543. The van der Waals surface area contributed by atoms with Crippen molar-refractivity contribution >= 4 is 12.0 Å². The smallest absolute Gasteiger partial charge is 0.405 e. The first-order valence-electron chi connectivity index (χ1n) is 8.85. The molecule has 4 N–H and O–H groups in total. The van der Waals surface area contributed by atoms with Gasteiger partial charge in [0.1, 0.15) is 11.6 Å². The molecule has 1 aromatic carbocycles. The Kier molecular flexibility index (Phi) is 5.42. The Hall–Kier alpha value is -2.49. The first kappa shape index (κ1) is 20.2. The molecule has 1 atom stereocenters. The van der Waals surface area contributed by atoms with Crippen LogP contribution in [0.15, 0.2) is 18.2 Å². The Balaban J connectivity index is 1.58. The molecule has 2 amide bonds. The zero-order valence-electron chi connectivity index (χ0n) is 14.9. The van der Waals surface area contributed by atoms with Crippen LogP contribution in [-0.2, 0) is 4.79 Å². The van der Waals surface area contributed by atoms with E-state index in [1.165, 1.54) is 0 Å². The molecule has 0 saturated heterocycles. The number of nitrogens with one attached hydrogen (secondary N) is 2. The molecular formula is C18H21F3N2O5. The largest absolute Gasteiger partial charge is 0.484 e. The summed E-state index contributed by atoms with van der Waals surface area (Å²) in [6, 6.07) is 2.85. The van der Waals surface area contributed by atoms with Crippen LogP contribution in [0.1, 0.15) is 44.1 Å². The lowest BCUT2D eigenvalue weighted by Crippen LogP contribution is -2.70. The van der Waals surface area contributed by atoms with E-state index in [9.17, 15) is 27.9 Å². The third-order valence-electron chi connectivity index (χ3n) is 5.65. The zero-order chi connectivity index (χ0) is 20.5. The SMILES string of the molecule is O=C(O)NC12CCC(NC(=O)COc3ccc(F)c(C(F)F)c3)(CC1)C[C@@H]2O. The quantitative estimate of drug-likeness (QED) is 0.584. The van der Waals surface area contributed by atoms with Crippen LogP contribution < -0.4 is 15.4 Å². The van der Waals surface area contributed by atoms with Crippen molar-refractivity contribution in [3.8, 4) is 5.75 Å². The zero-order valence-corrected chi connectivity index (χ0v) is 14.9. The number of aliphatic hydroxyl groups excluding tert-OH is 1. The number of amides is 2. The second-order valence-electron chi connectivity index (χ2n) is 7.41. The van der Waals surface area contributed by atoms with Crippen LogP contribution in [0.25, 0.3) is 0 Å². The summed E-state index contributed by atoms with van der Waals surface area (Å²) in [6.07, 6.45) is -3.18. The molecule has 3 aliphatic carbocycles. The highest BCUT2D eigenvalue weighted by molar-refractivity contribution is 5.78. The lowest BCUT2D eigenvalue weighted by Gasteiger charge is -2.55. The van der Waals surface area contributed by atoms with Crippen molar-refractivity contribution in [3.05, 3.63) is 29.6 Å². The van der Waals surface area contributed by atoms with E-state index < -0.39 is 53.6 Å². The fraction of sp³-hybridized carbons (Fsp3) is 0.556. The van der Waals surface area contributed by atoms with Gasteiger partial charge in [-0.05, 0) is 50.3 Å². The molecular weight excluding hydrogens is 381 g/mol. The van der Waals surface area contributed by atoms with Crippen molar-refractivity contribution in [1.29, 1.82) is 0 Å². The summed E-state index contributed by atoms with van der Waals surface area (Å²) in [5, 5.41) is 24.6. The van der Waals surface area contributed by atoms with Crippen molar-refractivity contribution in [2.75, 3.05) is 6.61 Å². The van der Waals surface area contributed by atoms with E-state index in [0.717, 1.165) is 18.2 Å².